The first-order valence-corrected chi connectivity index (χ1v) is 10.3. The Kier molecular flexibility index (Phi) is 5.44. The maximum Gasteiger partial charge on any atom is 0.254 e. The minimum absolute atomic E-state index is 0.00182. The molecule has 148 valence electrons. The van der Waals surface area contributed by atoms with Crippen LogP contribution in [0.4, 0.5) is 4.39 Å². The lowest BCUT2D eigenvalue weighted by Crippen LogP contribution is -2.62. The highest BCUT2D eigenvalue weighted by Crippen LogP contribution is 2.33. The molecule has 1 N–H and O–H groups in total. The number of rotatable bonds is 3. The predicted molar refractivity (Wildman–Crippen MR) is 108 cm³/mol. The second-order valence-electron chi connectivity index (χ2n) is 8.30. The second-order valence-corrected chi connectivity index (χ2v) is 8.30. The summed E-state index contributed by atoms with van der Waals surface area (Å²) in [6.07, 6.45) is 7.71. The van der Waals surface area contributed by atoms with Gasteiger partial charge in [-0.15, -0.1) is 0 Å². The Balaban J connectivity index is 1.56. The fourth-order valence-electron chi connectivity index (χ4n) is 4.77. The number of pyridine rings is 1. The van der Waals surface area contributed by atoms with Crippen LogP contribution in [0.1, 0.15) is 60.6 Å². The Bertz CT molecular complexity index is 855. The first-order chi connectivity index (χ1) is 13.5. The summed E-state index contributed by atoms with van der Waals surface area (Å²) < 4.78 is 13.5. The molecule has 3 heterocycles. The van der Waals surface area contributed by atoms with E-state index in [4.69, 9.17) is 0 Å². The van der Waals surface area contributed by atoms with E-state index in [1.165, 1.54) is 18.6 Å². The Morgan fingerprint density at radius 2 is 2.18 bits per heavy atom. The molecule has 2 aliphatic rings. The van der Waals surface area contributed by atoms with Crippen LogP contribution in [0.5, 0.6) is 0 Å². The second kappa shape index (κ2) is 8.00. The van der Waals surface area contributed by atoms with Crippen LogP contribution in [0.2, 0.25) is 0 Å². The van der Waals surface area contributed by atoms with Gasteiger partial charge in [-0.25, -0.2) is 4.39 Å². The number of nitrogens with zero attached hydrogens (tertiary/aromatic N) is 2. The van der Waals surface area contributed by atoms with E-state index in [1.807, 2.05) is 12.1 Å². The van der Waals surface area contributed by atoms with Crippen molar-refractivity contribution >= 4 is 5.91 Å². The van der Waals surface area contributed by atoms with Gasteiger partial charge < -0.3 is 10.2 Å². The number of hydrogen-bond donors (Lipinski definition) is 1. The van der Waals surface area contributed by atoms with E-state index in [1.54, 1.807) is 18.3 Å². The van der Waals surface area contributed by atoms with Crippen LogP contribution in [0, 0.1) is 5.82 Å². The van der Waals surface area contributed by atoms with E-state index in [-0.39, 0.29) is 23.3 Å². The van der Waals surface area contributed by atoms with Crippen molar-refractivity contribution in [3.05, 3.63) is 65.2 Å². The molecule has 1 amide bonds. The molecule has 4 rings (SSSR count). The number of carbonyl (C=O) groups is 1. The molecule has 1 aromatic carbocycles. The number of halogens is 1. The van der Waals surface area contributed by atoms with Gasteiger partial charge in [0.1, 0.15) is 5.82 Å². The molecule has 4 nitrogen and oxygen atoms in total. The standard InChI is InChI=1S/C23H28FN3O/c1-23-10-5-13-27(21(23)8-2-3-11-26-23)22(28)18-9-12-25-20(16-18)15-17-6-4-7-19(24)14-17/h4,6-7,9,12,14,16,21,26H,2-3,5,8,10-11,13,15H2,1H3/t21-,23-/m0/s1. The van der Waals surface area contributed by atoms with Gasteiger partial charge >= 0.3 is 0 Å². The molecule has 5 heteroatoms. The highest BCUT2D eigenvalue weighted by atomic mass is 19.1. The number of aromatic nitrogens is 1. The van der Waals surface area contributed by atoms with Crippen molar-refractivity contribution in [3.8, 4) is 0 Å². The van der Waals surface area contributed by atoms with Gasteiger partial charge in [-0.2, -0.15) is 0 Å². The van der Waals surface area contributed by atoms with Gasteiger partial charge in [-0.05, 0) is 69.0 Å². The van der Waals surface area contributed by atoms with Crippen LogP contribution in [0.25, 0.3) is 0 Å². The summed E-state index contributed by atoms with van der Waals surface area (Å²) in [4.78, 5) is 19.8. The maximum atomic E-state index is 13.5. The molecule has 0 spiro atoms. The van der Waals surface area contributed by atoms with Crippen LogP contribution in [-0.2, 0) is 6.42 Å². The zero-order chi connectivity index (χ0) is 19.6. The van der Waals surface area contributed by atoms with Crippen LogP contribution < -0.4 is 5.32 Å². The van der Waals surface area contributed by atoms with E-state index in [0.29, 0.717) is 12.0 Å². The summed E-state index contributed by atoms with van der Waals surface area (Å²) in [6.45, 7) is 4.11. The van der Waals surface area contributed by atoms with E-state index >= 15 is 0 Å². The SMILES string of the molecule is C[C@]12CCCN(C(=O)c3ccnc(Cc4cccc(F)c4)c3)[C@H]1CCCCN2. The number of hydrogen-bond acceptors (Lipinski definition) is 3. The number of benzene rings is 1. The zero-order valence-corrected chi connectivity index (χ0v) is 16.5. The summed E-state index contributed by atoms with van der Waals surface area (Å²) in [7, 11) is 0. The number of fused-ring (bicyclic) bond motifs is 1. The predicted octanol–water partition coefficient (Wildman–Crippen LogP) is 3.95. The van der Waals surface area contributed by atoms with Gasteiger partial charge in [-0.3, -0.25) is 9.78 Å². The molecular formula is C23H28FN3O. The lowest BCUT2D eigenvalue weighted by Gasteiger charge is -2.48. The molecule has 2 saturated heterocycles. The van der Waals surface area contributed by atoms with Crippen LogP contribution in [0.15, 0.2) is 42.6 Å². The van der Waals surface area contributed by atoms with Gasteiger partial charge in [0, 0.05) is 42.0 Å². The average Bonchev–Trinajstić information content (AvgIpc) is 2.89. The van der Waals surface area contributed by atoms with Crippen LogP contribution in [-0.4, -0.2) is 40.5 Å². The minimum atomic E-state index is -0.252. The number of nitrogens with one attached hydrogen (secondary N) is 1. The Morgan fingerprint density at radius 1 is 1.29 bits per heavy atom. The van der Waals surface area contributed by atoms with E-state index in [0.717, 1.165) is 50.0 Å². The van der Waals surface area contributed by atoms with Crippen molar-refractivity contribution in [3.63, 3.8) is 0 Å². The molecule has 28 heavy (non-hydrogen) atoms. The molecule has 0 bridgehead atoms. The summed E-state index contributed by atoms with van der Waals surface area (Å²) in [6, 6.07) is 10.4. The van der Waals surface area contributed by atoms with Crippen LogP contribution >= 0.6 is 0 Å². The van der Waals surface area contributed by atoms with Crippen molar-refractivity contribution in [1.29, 1.82) is 0 Å². The topological polar surface area (TPSA) is 45.2 Å². The summed E-state index contributed by atoms with van der Waals surface area (Å²) in [5.41, 5.74) is 2.32. The molecule has 0 aliphatic carbocycles. The smallest absolute Gasteiger partial charge is 0.254 e. The fraction of sp³-hybridized carbons (Fsp3) is 0.478. The third-order valence-corrected chi connectivity index (χ3v) is 6.24. The van der Waals surface area contributed by atoms with Gasteiger partial charge in [0.2, 0.25) is 0 Å². The highest BCUT2D eigenvalue weighted by molar-refractivity contribution is 5.94. The van der Waals surface area contributed by atoms with E-state index in [2.05, 4.69) is 22.1 Å². The van der Waals surface area contributed by atoms with Crippen molar-refractivity contribution in [2.75, 3.05) is 13.1 Å². The molecule has 2 fully saturated rings. The largest absolute Gasteiger partial charge is 0.334 e. The molecular weight excluding hydrogens is 353 g/mol. The van der Waals surface area contributed by atoms with Crippen molar-refractivity contribution in [2.24, 2.45) is 0 Å². The van der Waals surface area contributed by atoms with Crippen molar-refractivity contribution in [2.45, 2.75) is 57.0 Å². The number of amides is 1. The fourth-order valence-corrected chi connectivity index (χ4v) is 4.77. The summed E-state index contributed by atoms with van der Waals surface area (Å²) in [5, 5.41) is 3.70. The lowest BCUT2D eigenvalue weighted by molar-refractivity contribution is 0.0379. The zero-order valence-electron chi connectivity index (χ0n) is 16.5. The quantitative estimate of drug-likeness (QED) is 0.876. The normalized spacial score (nSPS) is 25.1. The van der Waals surface area contributed by atoms with E-state index < -0.39 is 0 Å². The molecule has 2 aromatic rings. The van der Waals surface area contributed by atoms with Crippen molar-refractivity contribution in [1.82, 2.24) is 15.2 Å². The maximum absolute atomic E-state index is 13.5. The molecule has 0 unspecified atom stereocenters. The monoisotopic (exact) mass is 381 g/mol. The summed E-state index contributed by atoms with van der Waals surface area (Å²) in [5.74, 6) is -0.166. The van der Waals surface area contributed by atoms with Crippen molar-refractivity contribution < 1.29 is 9.18 Å². The number of piperidine rings is 1. The Hall–Kier alpha value is -2.27. The first-order valence-electron chi connectivity index (χ1n) is 10.3. The molecule has 1 aromatic heterocycles. The minimum Gasteiger partial charge on any atom is -0.334 e. The number of likely N-dealkylation sites (tertiary alicyclic amines) is 1. The third-order valence-electron chi connectivity index (χ3n) is 6.24. The first kappa shape index (κ1) is 19.1. The molecule has 2 aliphatic heterocycles. The van der Waals surface area contributed by atoms with Gasteiger partial charge in [-0.1, -0.05) is 18.6 Å². The molecule has 2 atom stereocenters. The molecule has 0 saturated carbocycles. The Morgan fingerprint density at radius 3 is 3.04 bits per heavy atom. The molecule has 0 radical (unpaired) electrons. The third kappa shape index (κ3) is 3.95. The Labute approximate surface area is 166 Å². The van der Waals surface area contributed by atoms with Gasteiger partial charge in [0.15, 0.2) is 0 Å². The van der Waals surface area contributed by atoms with Gasteiger partial charge in [0.05, 0.1) is 0 Å². The van der Waals surface area contributed by atoms with E-state index in [9.17, 15) is 9.18 Å². The number of carbonyl (C=O) groups excluding carboxylic acids is 1. The van der Waals surface area contributed by atoms with Gasteiger partial charge in [0.25, 0.3) is 5.91 Å². The van der Waals surface area contributed by atoms with Crippen LogP contribution in [0.3, 0.4) is 0 Å². The summed E-state index contributed by atoms with van der Waals surface area (Å²) >= 11 is 0. The average molecular weight is 381 g/mol. The highest BCUT2D eigenvalue weighted by Gasteiger charge is 2.43. The lowest BCUT2D eigenvalue weighted by atomic mass is 9.81.